The van der Waals surface area contributed by atoms with E-state index < -0.39 is 28.2 Å². The van der Waals surface area contributed by atoms with Crippen molar-refractivity contribution in [2.75, 3.05) is 18.5 Å². The lowest BCUT2D eigenvalue weighted by Crippen LogP contribution is -2.38. The molecule has 0 aliphatic carbocycles. The van der Waals surface area contributed by atoms with E-state index in [-0.39, 0.29) is 25.5 Å². The molecule has 0 spiro atoms. The summed E-state index contributed by atoms with van der Waals surface area (Å²) in [6, 6.07) is 8.58. The summed E-state index contributed by atoms with van der Waals surface area (Å²) in [7, 11) is -4.22. The lowest BCUT2D eigenvalue weighted by Gasteiger charge is -2.30. The van der Waals surface area contributed by atoms with Gasteiger partial charge in [-0.25, -0.2) is 4.68 Å². The van der Waals surface area contributed by atoms with Crippen molar-refractivity contribution in [1.29, 1.82) is 0 Å². The number of aryl methyl sites for hydroxylation is 2. The normalized spacial score (nSPS) is 16.8. The summed E-state index contributed by atoms with van der Waals surface area (Å²) in [6.07, 6.45) is 3.33. The van der Waals surface area contributed by atoms with Crippen LogP contribution >= 0.6 is 27.5 Å². The van der Waals surface area contributed by atoms with Gasteiger partial charge in [0.05, 0.1) is 24.6 Å². The van der Waals surface area contributed by atoms with Crippen LogP contribution in [0.1, 0.15) is 67.3 Å². The van der Waals surface area contributed by atoms with Crippen LogP contribution in [0.15, 0.2) is 42.4 Å². The molecule has 2 heterocycles. The monoisotopic (exact) mass is 654 g/mol. The van der Waals surface area contributed by atoms with E-state index in [0.717, 1.165) is 56.7 Å². The molecule has 1 aromatic heterocycles. The highest BCUT2D eigenvalue weighted by atomic mass is 79.9. The zero-order chi connectivity index (χ0) is 29.0. The third kappa shape index (κ3) is 6.45. The van der Waals surface area contributed by atoms with Crippen molar-refractivity contribution in [3.63, 3.8) is 0 Å². The van der Waals surface area contributed by atoms with Crippen LogP contribution in [0.2, 0.25) is 5.02 Å². The highest BCUT2D eigenvalue weighted by Crippen LogP contribution is 2.38. The molecule has 10 nitrogen and oxygen atoms in total. The fourth-order valence-corrected chi connectivity index (χ4v) is 6.74. The molecule has 1 N–H and O–H groups in total. The number of fused-ring (bicyclic) bond motifs is 1. The molecule has 1 aliphatic rings. The van der Waals surface area contributed by atoms with Gasteiger partial charge in [0.15, 0.2) is 0 Å². The average Bonchev–Trinajstić information content (AvgIpc) is 3.31. The fraction of sp³-hybridized carbons (Fsp3) is 0.444. The van der Waals surface area contributed by atoms with E-state index in [9.17, 15) is 18.3 Å². The molecule has 0 saturated heterocycles. The van der Waals surface area contributed by atoms with Gasteiger partial charge in [-0.3, -0.25) is 4.79 Å². The maximum atomic E-state index is 12.8. The third-order valence-electron chi connectivity index (χ3n) is 7.02. The maximum absolute atomic E-state index is 12.8. The summed E-state index contributed by atoms with van der Waals surface area (Å²) in [5, 5.41) is 19.6. The number of rotatable bonds is 11. The Bertz CT molecular complexity index is 1530. The van der Waals surface area contributed by atoms with Gasteiger partial charge in [-0.05, 0) is 68.0 Å². The molecule has 216 valence electrons. The topological polar surface area (TPSA) is 124 Å². The number of aliphatic hydroxyl groups is 1. The molecule has 2 aromatic carbocycles. The Labute approximate surface area is 247 Å². The third-order valence-corrected chi connectivity index (χ3v) is 9.34. The molecule has 3 aromatic rings. The maximum Gasteiger partial charge on any atom is 0.388 e. The first kappa shape index (κ1) is 30.3. The highest BCUT2D eigenvalue weighted by Gasteiger charge is 2.35. The van der Waals surface area contributed by atoms with Gasteiger partial charge in [-0.15, -0.1) is 5.10 Å². The summed E-state index contributed by atoms with van der Waals surface area (Å²) < 4.78 is 38.2. The second-order valence-electron chi connectivity index (χ2n) is 9.53. The zero-order valence-corrected chi connectivity index (χ0v) is 25.7. The van der Waals surface area contributed by atoms with Crippen molar-refractivity contribution >= 4 is 54.8 Å². The predicted octanol–water partition coefficient (Wildman–Crippen LogP) is 5.69. The predicted molar refractivity (Wildman–Crippen MR) is 156 cm³/mol. The van der Waals surface area contributed by atoms with Gasteiger partial charge in [0.25, 0.3) is 5.95 Å². The molecule has 0 amide bonds. The summed E-state index contributed by atoms with van der Waals surface area (Å²) in [6.45, 7) is 6.33. The molecule has 1 unspecified atom stereocenters. The Hall–Kier alpha value is -2.67. The molecule has 13 heteroatoms. The minimum absolute atomic E-state index is 0.0662. The van der Waals surface area contributed by atoms with E-state index >= 15 is 0 Å². The molecule has 0 saturated carbocycles. The quantitative estimate of drug-likeness (QED) is 0.159. The van der Waals surface area contributed by atoms with Gasteiger partial charge < -0.3 is 14.0 Å². The number of alkyl halides is 1. The van der Waals surface area contributed by atoms with Gasteiger partial charge >= 0.3 is 16.3 Å². The minimum atomic E-state index is -4.22. The lowest BCUT2D eigenvalue weighted by atomic mass is 9.84. The van der Waals surface area contributed by atoms with Gasteiger partial charge in [0.2, 0.25) is 0 Å². The number of unbranched alkanes of at least 4 members (excludes halogenated alkanes) is 1. The summed E-state index contributed by atoms with van der Waals surface area (Å²) in [5.74, 6) is -1.44. The Morgan fingerprint density at radius 2 is 2.02 bits per heavy atom. The number of esters is 1. The van der Waals surface area contributed by atoms with E-state index in [0.29, 0.717) is 10.6 Å². The number of aliphatic hydroxyl groups excluding tert-OH is 1. The van der Waals surface area contributed by atoms with Crippen LogP contribution in [0.25, 0.3) is 11.0 Å². The van der Waals surface area contributed by atoms with Crippen molar-refractivity contribution in [1.82, 2.24) is 19.3 Å². The minimum Gasteiger partial charge on any atom is -0.480 e. The Balaban J connectivity index is 1.76. The van der Waals surface area contributed by atoms with Crippen LogP contribution in [-0.4, -0.2) is 57.3 Å². The Morgan fingerprint density at radius 1 is 1.25 bits per heavy atom. The summed E-state index contributed by atoms with van der Waals surface area (Å²) in [5.41, 5.74) is 4.76. The zero-order valence-electron chi connectivity index (χ0n) is 22.5. The molecule has 2 atom stereocenters. The highest BCUT2D eigenvalue weighted by molar-refractivity contribution is 9.09. The first-order valence-corrected chi connectivity index (χ1v) is 15.9. The number of benzene rings is 2. The molecule has 0 radical (unpaired) electrons. The van der Waals surface area contributed by atoms with Crippen molar-refractivity contribution in [2.24, 2.45) is 0 Å². The SMILES string of the molecule is CCOC(=O)CC(c1ccc(Cl)c([C@@H](C)N2CC=C(O)OS2(=O)=O)c1)c1ccc2c(nnn2CCCCBr)c1C. The van der Waals surface area contributed by atoms with Crippen LogP contribution in [0.5, 0.6) is 0 Å². The van der Waals surface area contributed by atoms with Crippen LogP contribution in [0, 0.1) is 6.92 Å². The standard InChI is InChI=1S/C27H32BrClN4O6S/c1-4-38-26(35)16-22(20-8-10-24-27(17(20)2)30-31-32(24)13-6-5-12-28)19-7-9-23(29)21(15-19)18(3)33-14-11-25(34)39-40(33,36)37/h7-11,15,18,22,34H,4-6,12-14,16H2,1-3H3/t18-,22?/m1/s1. The number of hydrogen-bond donors (Lipinski definition) is 1. The molecule has 4 rings (SSSR count). The van der Waals surface area contributed by atoms with Gasteiger partial charge in [-0.1, -0.05) is 50.9 Å². The van der Waals surface area contributed by atoms with Crippen molar-refractivity contribution in [3.8, 4) is 0 Å². The number of aromatic nitrogens is 3. The Morgan fingerprint density at radius 3 is 2.73 bits per heavy atom. The molecular weight excluding hydrogens is 624 g/mol. The van der Waals surface area contributed by atoms with Crippen LogP contribution in [0.4, 0.5) is 0 Å². The number of ether oxygens (including phenoxy) is 1. The lowest BCUT2D eigenvalue weighted by molar-refractivity contribution is -0.143. The summed E-state index contributed by atoms with van der Waals surface area (Å²) >= 11 is 10.0. The van der Waals surface area contributed by atoms with Crippen LogP contribution in [0.3, 0.4) is 0 Å². The van der Waals surface area contributed by atoms with Crippen molar-refractivity contribution in [2.45, 2.75) is 58.5 Å². The first-order valence-electron chi connectivity index (χ1n) is 13.0. The number of carbonyl (C=O) groups is 1. The van der Waals surface area contributed by atoms with Crippen LogP contribution in [-0.2, 0) is 30.6 Å². The van der Waals surface area contributed by atoms with E-state index in [1.54, 1.807) is 19.9 Å². The molecule has 0 fully saturated rings. The largest absolute Gasteiger partial charge is 0.480 e. The van der Waals surface area contributed by atoms with Gasteiger partial charge in [0, 0.05) is 35.4 Å². The number of nitrogens with zero attached hydrogens (tertiary/aromatic N) is 4. The number of hydrogen-bond acceptors (Lipinski definition) is 8. The second-order valence-corrected chi connectivity index (χ2v) is 12.2. The molecular formula is C27H32BrClN4O6S. The van der Waals surface area contributed by atoms with Gasteiger partial charge in [0.1, 0.15) is 5.52 Å². The van der Waals surface area contributed by atoms with Gasteiger partial charge in [-0.2, -0.15) is 12.7 Å². The second kappa shape index (κ2) is 12.9. The van der Waals surface area contributed by atoms with Crippen molar-refractivity contribution in [3.05, 3.63) is 69.6 Å². The van der Waals surface area contributed by atoms with E-state index in [2.05, 4.69) is 30.4 Å². The molecule has 0 bridgehead atoms. The molecule has 40 heavy (non-hydrogen) atoms. The smallest absolute Gasteiger partial charge is 0.388 e. The number of carbonyl (C=O) groups excluding carboxylic acids is 1. The van der Waals surface area contributed by atoms with E-state index in [1.165, 1.54) is 6.08 Å². The first-order chi connectivity index (χ1) is 19.1. The van der Waals surface area contributed by atoms with Crippen molar-refractivity contribution < 1.29 is 27.2 Å². The molecule has 1 aliphatic heterocycles. The Kier molecular flexibility index (Phi) is 9.76. The number of halogens is 2. The summed E-state index contributed by atoms with van der Waals surface area (Å²) in [4.78, 5) is 12.8. The van der Waals surface area contributed by atoms with E-state index in [1.807, 2.05) is 35.9 Å². The fourth-order valence-electron chi connectivity index (χ4n) is 4.93. The van der Waals surface area contributed by atoms with Crippen LogP contribution < -0.4 is 0 Å². The average molecular weight is 656 g/mol. The van der Waals surface area contributed by atoms with E-state index in [4.69, 9.17) is 16.3 Å².